The van der Waals surface area contributed by atoms with Gasteiger partial charge in [-0.2, -0.15) is 0 Å². The Hall–Kier alpha value is 0.412. The first-order valence-corrected chi connectivity index (χ1v) is 1.22. The van der Waals surface area contributed by atoms with Crippen LogP contribution >= 0.6 is 0 Å². The third-order valence-electron chi connectivity index (χ3n) is 0. The van der Waals surface area contributed by atoms with Gasteiger partial charge in [0, 0.05) is 6.61 Å². The van der Waals surface area contributed by atoms with Crippen LogP contribution in [0.15, 0.2) is 0 Å². The second kappa shape index (κ2) is 52.8. The molecule has 0 radical (unpaired) electrons. The van der Waals surface area contributed by atoms with Crippen molar-refractivity contribution < 1.29 is 15.6 Å². The molecule has 0 aliphatic rings. The van der Waals surface area contributed by atoms with Crippen molar-refractivity contribution >= 4 is 17.4 Å². The lowest BCUT2D eigenvalue weighted by Crippen LogP contribution is -1.57. The monoisotopic (exact) mass is 110 g/mol. The highest BCUT2D eigenvalue weighted by Crippen LogP contribution is 1.30. The molecule has 0 saturated carbocycles. The van der Waals surface area contributed by atoms with Crippen LogP contribution in [0.1, 0.15) is 6.92 Å². The van der Waals surface area contributed by atoms with Gasteiger partial charge in [-0.25, -0.2) is 0 Å². The Kier molecular flexibility index (Phi) is 142. The van der Waals surface area contributed by atoms with Crippen LogP contribution in [0.5, 0.6) is 0 Å². The van der Waals surface area contributed by atoms with Gasteiger partial charge in [0.15, 0.2) is 17.4 Å². The number of hydrogen-bond donors (Lipinski definition) is 3. The van der Waals surface area contributed by atoms with Gasteiger partial charge in [-0.05, 0) is 6.92 Å². The van der Waals surface area contributed by atoms with Gasteiger partial charge in [0.05, 0.1) is 0 Å². The summed E-state index contributed by atoms with van der Waals surface area (Å²) in [6.45, 7) is 1.93. The van der Waals surface area contributed by atoms with Crippen LogP contribution in [0.2, 0.25) is 0 Å². The summed E-state index contributed by atoms with van der Waals surface area (Å²) in [4.78, 5) is 0. The van der Waals surface area contributed by atoms with Crippen molar-refractivity contribution in [2.45, 2.75) is 6.92 Å². The molecule has 0 aliphatic carbocycles. The normalized spacial score (nSPS) is 4.00. The van der Waals surface area contributed by atoms with E-state index < -0.39 is 0 Å². The van der Waals surface area contributed by atoms with E-state index in [0.717, 1.165) is 0 Å². The lowest BCUT2D eigenvalue weighted by Gasteiger charge is -1.52. The number of aliphatic hydroxyl groups is 1. The smallest absolute Gasteiger partial charge is 0.187 e. The van der Waals surface area contributed by atoms with Crippen LogP contribution in [0.4, 0.5) is 0 Å². The summed E-state index contributed by atoms with van der Waals surface area (Å²) in [5.74, 6) is 0. The van der Waals surface area contributed by atoms with E-state index in [0.29, 0.717) is 0 Å². The zero-order valence-electron chi connectivity index (χ0n) is 3.05. The van der Waals surface area contributed by atoms with Gasteiger partial charge in [0.1, 0.15) is 0 Å². The van der Waals surface area contributed by atoms with E-state index in [4.69, 9.17) is 15.6 Å². The van der Waals surface area contributed by atoms with E-state index in [-0.39, 0.29) is 24.0 Å². The van der Waals surface area contributed by atoms with Crippen molar-refractivity contribution in [2.24, 2.45) is 0 Å². The Morgan fingerprint density at radius 1 is 1.33 bits per heavy atom. The van der Waals surface area contributed by atoms with Crippen molar-refractivity contribution in [1.29, 1.82) is 0 Å². The summed E-state index contributed by atoms with van der Waals surface area (Å²) >= 11 is 0. The molecule has 3 nitrogen and oxygen atoms in total. The van der Waals surface area contributed by atoms with Crippen LogP contribution in [0, 0.1) is 0 Å². The molecule has 0 aromatic heterocycles. The van der Waals surface area contributed by atoms with E-state index >= 15 is 0 Å². The van der Waals surface area contributed by atoms with Gasteiger partial charge in [0.2, 0.25) is 0 Å². The molecule has 0 saturated heterocycles. The van der Waals surface area contributed by atoms with Crippen LogP contribution < -0.4 is 0 Å². The highest BCUT2D eigenvalue weighted by molar-refractivity contribution is 5.75. The van der Waals surface area contributed by atoms with E-state index in [1.54, 1.807) is 6.92 Å². The Bertz CT molecular complexity index is 8.75. The lowest BCUT2D eigenvalue weighted by molar-refractivity contribution is -0.176. The predicted octanol–water partition coefficient (Wildman–Crippen LogP) is -1.17. The van der Waals surface area contributed by atoms with Gasteiger partial charge in [-0.15, -0.1) is 0 Å². The first-order valence-electron chi connectivity index (χ1n) is 1.22. The molecule has 0 aromatic carbocycles. The van der Waals surface area contributed by atoms with Gasteiger partial charge in [-0.3, -0.25) is 10.5 Å². The first kappa shape index (κ1) is 16.1. The maximum atomic E-state index is 7.57. The molecule has 0 rings (SSSR count). The fraction of sp³-hybridized carbons (Fsp3) is 1.00. The average Bonchev–Trinajstić information content (AvgIpc) is 1.46. The van der Waals surface area contributed by atoms with Gasteiger partial charge in [0.25, 0.3) is 0 Å². The largest absolute Gasteiger partial charge is 0.397 e. The molecule has 0 aliphatic heterocycles. The molecule has 0 spiro atoms. The molecule has 0 unspecified atom stereocenters. The number of aliphatic hydroxyl groups excluding tert-OH is 1. The number of rotatable bonds is 0. The Morgan fingerprint density at radius 3 is 1.33 bits per heavy atom. The molecule has 0 fully saturated rings. The highest BCUT2D eigenvalue weighted by atomic mass is 27.0. The Morgan fingerprint density at radius 2 is 1.33 bits per heavy atom. The summed E-state index contributed by atoms with van der Waals surface area (Å²) in [6.07, 6.45) is 0. The molecule has 0 bridgehead atoms. The van der Waals surface area contributed by atoms with Gasteiger partial charge in [-0.1, -0.05) is 0 Å². The second-order valence-electron chi connectivity index (χ2n) is 0.316. The second-order valence-corrected chi connectivity index (χ2v) is 0.316. The molecular formula is C2H11AlO3. The maximum absolute atomic E-state index is 7.57. The van der Waals surface area contributed by atoms with Crippen LogP contribution in [0.25, 0.3) is 0 Å². The fourth-order valence-electron chi connectivity index (χ4n) is 0. The molecule has 0 amide bonds. The molecular weight excluding hydrogens is 99.0 g/mol. The van der Waals surface area contributed by atoms with Gasteiger partial charge >= 0.3 is 0 Å². The quantitative estimate of drug-likeness (QED) is 0.209. The highest BCUT2D eigenvalue weighted by Gasteiger charge is 1.34. The summed E-state index contributed by atoms with van der Waals surface area (Å²) in [6, 6.07) is 0. The minimum absolute atomic E-state index is 0. The van der Waals surface area contributed by atoms with Crippen molar-refractivity contribution in [2.75, 3.05) is 6.61 Å². The molecule has 0 heterocycles. The number of hydrogen-bond acceptors (Lipinski definition) is 3. The predicted molar refractivity (Wildman–Crippen MR) is 28.0 cm³/mol. The molecule has 40 valence electrons. The topological polar surface area (TPSA) is 60.7 Å². The van der Waals surface area contributed by atoms with Crippen LogP contribution in [0.3, 0.4) is 0 Å². The molecule has 3 N–H and O–H groups in total. The molecule has 4 heteroatoms. The average molecular weight is 110 g/mol. The third-order valence-corrected chi connectivity index (χ3v) is 0. The first-order chi connectivity index (χ1) is 2.41. The van der Waals surface area contributed by atoms with Crippen molar-refractivity contribution in [3.8, 4) is 0 Å². The third kappa shape index (κ3) is 302. The van der Waals surface area contributed by atoms with E-state index in [1.807, 2.05) is 0 Å². The van der Waals surface area contributed by atoms with E-state index in [1.165, 1.54) is 0 Å². The van der Waals surface area contributed by atoms with Gasteiger partial charge < -0.3 is 5.11 Å². The van der Waals surface area contributed by atoms with Crippen molar-refractivity contribution in [1.82, 2.24) is 0 Å². The SMILES string of the molecule is CCO.OO.[AlH3]. The summed E-state index contributed by atoms with van der Waals surface area (Å²) in [7, 11) is 0. The van der Waals surface area contributed by atoms with Crippen molar-refractivity contribution in [3.05, 3.63) is 0 Å². The lowest BCUT2D eigenvalue weighted by atomic mass is 10.9. The molecule has 6 heavy (non-hydrogen) atoms. The minimum Gasteiger partial charge on any atom is -0.397 e. The molecule has 0 atom stereocenters. The molecule has 0 aromatic rings. The zero-order chi connectivity index (χ0) is 4.71. The maximum Gasteiger partial charge on any atom is 0.187 e. The van der Waals surface area contributed by atoms with Crippen LogP contribution in [-0.4, -0.2) is 39.6 Å². The zero-order valence-corrected chi connectivity index (χ0v) is 3.05. The van der Waals surface area contributed by atoms with Crippen molar-refractivity contribution in [3.63, 3.8) is 0 Å². The van der Waals surface area contributed by atoms with E-state index in [2.05, 4.69) is 0 Å². The standard InChI is InChI=1S/C2H6O.Al.H2O2.3H/c1-2-3;;1-2;;;/h3H,2H2,1H3;;1-2H;;;. The summed E-state index contributed by atoms with van der Waals surface area (Å²) in [5.41, 5.74) is 0. The Balaban J connectivity index is -0.0000000275. The van der Waals surface area contributed by atoms with E-state index in [9.17, 15) is 0 Å². The fourth-order valence-corrected chi connectivity index (χ4v) is 0. The summed E-state index contributed by atoms with van der Waals surface area (Å²) < 4.78 is 0. The minimum atomic E-state index is 0. The van der Waals surface area contributed by atoms with Crippen LogP contribution in [-0.2, 0) is 0 Å². The Labute approximate surface area is 47.3 Å². The summed E-state index contributed by atoms with van der Waals surface area (Å²) in [5, 5.41) is 19.6.